The Hall–Kier alpha value is -2.55. The maximum absolute atomic E-state index is 11.4. The van der Waals surface area contributed by atoms with Gasteiger partial charge < -0.3 is 14.4 Å². The molecule has 0 heterocycles. The summed E-state index contributed by atoms with van der Waals surface area (Å²) >= 11 is 0. The van der Waals surface area contributed by atoms with E-state index in [2.05, 4.69) is 9.47 Å². The zero-order chi connectivity index (χ0) is 14.3. The molecule has 1 rings (SSSR count). The minimum absolute atomic E-state index is 0.135. The van der Waals surface area contributed by atoms with Gasteiger partial charge in [-0.05, 0) is 12.1 Å². The van der Waals surface area contributed by atoms with Gasteiger partial charge in [0.1, 0.15) is 19.2 Å². The zero-order valence-electron chi connectivity index (χ0n) is 10.8. The summed E-state index contributed by atoms with van der Waals surface area (Å²) in [5, 5.41) is 9.04. The number of nitriles is 1. The molecule has 0 fully saturated rings. The van der Waals surface area contributed by atoms with Gasteiger partial charge in [0, 0.05) is 0 Å². The van der Waals surface area contributed by atoms with Crippen LogP contribution < -0.4 is 4.90 Å². The lowest BCUT2D eigenvalue weighted by Gasteiger charge is -2.23. The van der Waals surface area contributed by atoms with Gasteiger partial charge in [-0.25, -0.2) is 0 Å². The minimum Gasteiger partial charge on any atom is -0.468 e. The Kier molecular flexibility index (Phi) is 5.35. The molecule has 0 radical (unpaired) electrons. The molecule has 0 N–H and O–H groups in total. The number of para-hydroxylation sites is 1. The summed E-state index contributed by atoms with van der Waals surface area (Å²) in [5.74, 6) is -1.01. The fraction of sp³-hybridized carbons (Fsp3) is 0.308. The molecular weight excluding hydrogens is 248 g/mol. The highest BCUT2D eigenvalue weighted by Gasteiger charge is 2.18. The summed E-state index contributed by atoms with van der Waals surface area (Å²) in [6.07, 6.45) is 0. The van der Waals surface area contributed by atoms with Gasteiger partial charge in [-0.3, -0.25) is 9.59 Å². The van der Waals surface area contributed by atoms with Crippen LogP contribution in [0.5, 0.6) is 0 Å². The summed E-state index contributed by atoms with van der Waals surface area (Å²) in [6, 6.07) is 8.70. The Morgan fingerprint density at radius 3 is 2.16 bits per heavy atom. The Labute approximate surface area is 111 Å². The van der Waals surface area contributed by atoms with Crippen molar-refractivity contribution in [2.75, 3.05) is 32.2 Å². The average molecular weight is 262 g/mol. The molecule has 0 aliphatic rings. The van der Waals surface area contributed by atoms with Gasteiger partial charge in [-0.2, -0.15) is 5.26 Å². The fourth-order valence-corrected chi connectivity index (χ4v) is 1.51. The second-order valence-corrected chi connectivity index (χ2v) is 3.64. The maximum atomic E-state index is 11.4. The molecule has 1 aromatic carbocycles. The summed E-state index contributed by atoms with van der Waals surface area (Å²) in [6.45, 7) is -0.269. The highest BCUT2D eigenvalue weighted by molar-refractivity contribution is 5.82. The summed E-state index contributed by atoms with van der Waals surface area (Å²) in [4.78, 5) is 24.2. The molecule has 0 unspecified atom stereocenters. The van der Waals surface area contributed by atoms with Crippen LogP contribution in [0.1, 0.15) is 5.56 Å². The standard InChI is InChI=1S/C13H14N2O4/c1-18-12(16)8-15(9-13(17)19-2)11-6-4-3-5-10(11)7-14/h3-6H,8-9H2,1-2H3. The molecule has 0 aromatic heterocycles. The van der Waals surface area contributed by atoms with E-state index in [9.17, 15) is 9.59 Å². The molecule has 0 saturated heterocycles. The van der Waals surface area contributed by atoms with Crippen molar-refractivity contribution in [2.24, 2.45) is 0 Å². The van der Waals surface area contributed by atoms with Crippen LogP contribution in [0.4, 0.5) is 5.69 Å². The van der Waals surface area contributed by atoms with E-state index in [0.717, 1.165) is 0 Å². The van der Waals surface area contributed by atoms with Crippen LogP contribution >= 0.6 is 0 Å². The fourth-order valence-electron chi connectivity index (χ4n) is 1.51. The number of rotatable bonds is 5. The van der Waals surface area contributed by atoms with Crippen LogP contribution in [0.2, 0.25) is 0 Å². The van der Waals surface area contributed by atoms with E-state index in [1.165, 1.54) is 19.1 Å². The highest BCUT2D eigenvalue weighted by Crippen LogP contribution is 2.19. The van der Waals surface area contributed by atoms with E-state index in [0.29, 0.717) is 11.3 Å². The van der Waals surface area contributed by atoms with E-state index in [1.807, 2.05) is 6.07 Å². The van der Waals surface area contributed by atoms with Gasteiger partial charge >= 0.3 is 11.9 Å². The number of carbonyl (C=O) groups is 2. The molecule has 19 heavy (non-hydrogen) atoms. The third-order valence-electron chi connectivity index (χ3n) is 2.46. The van der Waals surface area contributed by atoms with Gasteiger partial charge in [-0.15, -0.1) is 0 Å². The van der Waals surface area contributed by atoms with Gasteiger partial charge in [0.25, 0.3) is 0 Å². The third-order valence-corrected chi connectivity index (χ3v) is 2.46. The number of anilines is 1. The van der Waals surface area contributed by atoms with E-state index in [1.54, 1.807) is 24.3 Å². The summed E-state index contributed by atoms with van der Waals surface area (Å²) in [7, 11) is 2.52. The first-order chi connectivity index (χ1) is 9.12. The topological polar surface area (TPSA) is 79.6 Å². The lowest BCUT2D eigenvalue weighted by Crippen LogP contribution is -2.36. The van der Waals surface area contributed by atoms with Gasteiger partial charge in [-0.1, -0.05) is 12.1 Å². The Morgan fingerprint density at radius 2 is 1.68 bits per heavy atom. The number of ether oxygens (including phenoxy) is 2. The number of methoxy groups -OCH3 is 2. The normalized spacial score (nSPS) is 9.32. The van der Waals surface area contributed by atoms with Crippen LogP contribution in [0, 0.1) is 11.3 Å². The number of nitrogens with zero attached hydrogens (tertiary/aromatic N) is 2. The Bertz CT molecular complexity index is 490. The third kappa shape index (κ3) is 4.00. The quantitative estimate of drug-likeness (QED) is 0.727. The molecule has 6 heteroatoms. The van der Waals surface area contributed by atoms with Crippen molar-refractivity contribution in [2.45, 2.75) is 0 Å². The van der Waals surface area contributed by atoms with Crippen molar-refractivity contribution in [3.8, 4) is 6.07 Å². The monoisotopic (exact) mass is 262 g/mol. The lowest BCUT2D eigenvalue weighted by molar-refractivity contribution is -0.140. The maximum Gasteiger partial charge on any atom is 0.325 e. The predicted molar refractivity (Wildman–Crippen MR) is 67.4 cm³/mol. The molecule has 0 amide bonds. The number of hydrogen-bond acceptors (Lipinski definition) is 6. The van der Waals surface area contributed by atoms with E-state index < -0.39 is 11.9 Å². The number of hydrogen-bond donors (Lipinski definition) is 0. The zero-order valence-corrected chi connectivity index (χ0v) is 10.8. The van der Waals surface area contributed by atoms with Crippen molar-refractivity contribution in [1.29, 1.82) is 5.26 Å². The Morgan fingerprint density at radius 1 is 1.16 bits per heavy atom. The SMILES string of the molecule is COC(=O)CN(CC(=O)OC)c1ccccc1C#N. The molecule has 0 aliphatic carbocycles. The highest BCUT2D eigenvalue weighted by atomic mass is 16.5. The van der Waals surface area contributed by atoms with Crippen LogP contribution in [0.25, 0.3) is 0 Å². The van der Waals surface area contributed by atoms with Crippen molar-refractivity contribution in [3.05, 3.63) is 29.8 Å². The van der Waals surface area contributed by atoms with Gasteiger partial charge in [0.05, 0.1) is 25.5 Å². The lowest BCUT2D eigenvalue weighted by atomic mass is 10.1. The largest absolute Gasteiger partial charge is 0.468 e. The summed E-state index contributed by atoms with van der Waals surface area (Å²) in [5.41, 5.74) is 0.858. The second kappa shape index (κ2) is 7.01. The first-order valence-electron chi connectivity index (χ1n) is 5.50. The van der Waals surface area contributed by atoms with Gasteiger partial charge in [0.15, 0.2) is 0 Å². The van der Waals surface area contributed by atoms with E-state index >= 15 is 0 Å². The number of esters is 2. The van der Waals surface area contributed by atoms with E-state index in [-0.39, 0.29) is 13.1 Å². The van der Waals surface area contributed by atoms with Crippen molar-refractivity contribution < 1.29 is 19.1 Å². The van der Waals surface area contributed by atoms with Crippen molar-refractivity contribution in [3.63, 3.8) is 0 Å². The molecule has 0 saturated carbocycles. The van der Waals surface area contributed by atoms with Crippen molar-refractivity contribution in [1.82, 2.24) is 0 Å². The average Bonchev–Trinajstić information content (AvgIpc) is 2.46. The molecular formula is C13H14N2O4. The van der Waals surface area contributed by atoms with E-state index in [4.69, 9.17) is 5.26 Å². The summed E-state index contributed by atoms with van der Waals surface area (Å²) < 4.78 is 9.15. The first kappa shape index (κ1) is 14.5. The molecule has 1 aromatic rings. The van der Waals surface area contributed by atoms with Crippen LogP contribution in [-0.4, -0.2) is 39.2 Å². The first-order valence-corrected chi connectivity index (χ1v) is 5.50. The Balaban J connectivity index is 3.04. The number of benzene rings is 1. The van der Waals surface area contributed by atoms with Crippen molar-refractivity contribution >= 4 is 17.6 Å². The molecule has 0 aliphatic heterocycles. The van der Waals surface area contributed by atoms with Crippen LogP contribution in [-0.2, 0) is 19.1 Å². The smallest absolute Gasteiger partial charge is 0.325 e. The molecule has 0 bridgehead atoms. The second-order valence-electron chi connectivity index (χ2n) is 3.64. The molecule has 0 atom stereocenters. The predicted octanol–water partition coefficient (Wildman–Crippen LogP) is 0.711. The number of carbonyl (C=O) groups excluding carboxylic acids is 2. The molecule has 100 valence electrons. The molecule has 6 nitrogen and oxygen atoms in total. The van der Waals surface area contributed by atoms with Crippen LogP contribution in [0.3, 0.4) is 0 Å². The van der Waals surface area contributed by atoms with Crippen LogP contribution in [0.15, 0.2) is 24.3 Å². The van der Waals surface area contributed by atoms with Gasteiger partial charge in [0.2, 0.25) is 0 Å². The minimum atomic E-state index is -0.503. The molecule has 0 spiro atoms.